The molecule has 0 aliphatic carbocycles. The number of hydrogen-bond donors (Lipinski definition) is 0. The van der Waals surface area contributed by atoms with Gasteiger partial charge in [0, 0.05) is 35.4 Å². The van der Waals surface area contributed by atoms with Gasteiger partial charge in [-0.2, -0.15) is 0 Å². The minimum atomic E-state index is 0.115. The molecule has 3 heterocycles. The van der Waals surface area contributed by atoms with E-state index in [1.165, 1.54) is 22.5 Å². The molecule has 1 aliphatic rings. The van der Waals surface area contributed by atoms with Crippen molar-refractivity contribution in [2.75, 3.05) is 13.1 Å². The van der Waals surface area contributed by atoms with E-state index in [4.69, 9.17) is 16.6 Å². The Morgan fingerprint density at radius 2 is 1.86 bits per heavy atom. The van der Waals surface area contributed by atoms with E-state index in [-0.39, 0.29) is 5.91 Å². The van der Waals surface area contributed by atoms with Crippen LogP contribution in [0.3, 0.4) is 0 Å². The first-order valence-electron chi connectivity index (χ1n) is 9.91. The average Bonchev–Trinajstić information content (AvgIpc) is 3.15. The van der Waals surface area contributed by atoms with Crippen LogP contribution >= 0.6 is 22.9 Å². The van der Waals surface area contributed by atoms with Gasteiger partial charge in [0.15, 0.2) is 0 Å². The number of carbonyl (C=O) groups excluding carboxylic acids is 1. The van der Waals surface area contributed by atoms with Crippen LogP contribution < -0.4 is 0 Å². The molecular formula is C23H24ClN3OS. The number of nitrogens with zero attached hydrogens (tertiary/aromatic N) is 3. The van der Waals surface area contributed by atoms with Crippen molar-refractivity contribution in [3.63, 3.8) is 0 Å². The maximum atomic E-state index is 12.7. The summed E-state index contributed by atoms with van der Waals surface area (Å²) in [5.74, 6) is 0.509. The number of benzene rings is 1. The fourth-order valence-electron chi connectivity index (χ4n) is 3.95. The summed E-state index contributed by atoms with van der Waals surface area (Å²) in [6, 6.07) is 12.4. The molecule has 1 saturated heterocycles. The quantitative estimate of drug-likeness (QED) is 0.560. The fraction of sp³-hybridized carbons (Fsp3) is 0.348. The maximum Gasteiger partial charge on any atom is 0.265 e. The number of hydrogen-bond acceptors (Lipinski definition) is 4. The van der Waals surface area contributed by atoms with Crippen LogP contribution in [-0.2, 0) is 6.42 Å². The minimum absolute atomic E-state index is 0.115. The summed E-state index contributed by atoms with van der Waals surface area (Å²) in [5, 5.41) is 0.759. The number of piperidine rings is 1. The number of pyridine rings is 1. The van der Waals surface area contributed by atoms with Gasteiger partial charge in [-0.15, -0.1) is 11.3 Å². The molecule has 6 heteroatoms. The summed E-state index contributed by atoms with van der Waals surface area (Å²) in [4.78, 5) is 24.5. The van der Waals surface area contributed by atoms with E-state index in [0.29, 0.717) is 5.92 Å². The Balaban J connectivity index is 1.44. The van der Waals surface area contributed by atoms with Crippen LogP contribution in [0.2, 0.25) is 5.02 Å². The maximum absolute atomic E-state index is 12.7. The van der Waals surface area contributed by atoms with Crippen molar-refractivity contribution in [1.82, 2.24) is 14.9 Å². The number of halogens is 1. The molecule has 0 bridgehead atoms. The molecule has 0 saturated carbocycles. The zero-order valence-electron chi connectivity index (χ0n) is 16.7. The normalized spacial score (nSPS) is 14.9. The lowest BCUT2D eigenvalue weighted by molar-refractivity contribution is 0.0716. The van der Waals surface area contributed by atoms with E-state index >= 15 is 0 Å². The largest absolute Gasteiger partial charge is 0.338 e. The lowest BCUT2D eigenvalue weighted by atomic mass is 9.91. The van der Waals surface area contributed by atoms with Crippen LogP contribution in [0.15, 0.2) is 41.9 Å². The topological polar surface area (TPSA) is 46.1 Å². The van der Waals surface area contributed by atoms with Gasteiger partial charge in [0.1, 0.15) is 4.88 Å². The zero-order valence-corrected chi connectivity index (χ0v) is 18.3. The van der Waals surface area contributed by atoms with Gasteiger partial charge in [-0.3, -0.25) is 9.78 Å². The highest BCUT2D eigenvalue weighted by molar-refractivity contribution is 7.11. The Kier molecular flexibility index (Phi) is 5.97. The molecule has 3 aromatic rings. The van der Waals surface area contributed by atoms with Crippen LogP contribution in [0, 0.1) is 13.8 Å². The molecule has 4 rings (SSSR count). The van der Waals surface area contributed by atoms with E-state index in [0.717, 1.165) is 59.3 Å². The first kappa shape index (κ1) is 20.0. The number of amides is 1. The molecule has 150 valence electrons. The Bertz CT molecular complexity index is 1010. The molecule has 0 radical (unpaired) electrons. The van der Waals surface area contributed by atoms with Gasteiger partial charge in [0.2, 0.25) is 0 Å². The highest BCUT2D eigenvalue weighted by Gasteiger charge is 2.27. The van der Waals surface area contributed by atoms with E-state index < -0.39 is 0 Å². The molecular weight excluding hydrogens is 402 g/mol. The molecule has 2 aromatic heterocycles. The number of aromatic nitrogens is 2. The Labute approximate surface area is 180 Å². The van der Waals surface area contributed by atoms with Crippen LogP contribution in [-0.4, -0.2) is 33.9 Å². The van der Waals surface area contributed by atoms with Crippen molar-refractivity contribution in [3.05, 3.63) is 80.0 Å². The second-order valence-electron chi connectivity index (χ2n) is 7.68. The van der Waals surface area contributed by atoms with Crippen molar-refractivity contribution in [2.45, 2.75) is 39.0 Å². The summed E-state index contributed by atoms with van der Waals surface area (Å²) in [6.07, 6.45) is 2.76. The minimum Gasteiger partial charge on any atom is -0.338 e. The van der Waals surface area contributed by atoms with E-state index in [9.17, 15) is 4.79 Å². The second kappa shape index (κ2) is 8.64. The number of likely N-dealkylation sites (tertiary alicyclic amines) is 1. The lowest BCUT2D eigenvalue weighted by Crippen LogP contribution is -2.38. The van der Waals surface area contributed by atoms with E-state index in [1.54, 1.807) is 5.51 Å². The molecule has 1 aromatic carbocycles. The predicted molar refractivity (Wildman–Crippen MR) is 118 cm³/mol. The molecule has 0 unspecified atom stereocenters. The van der Waals surface area contributed by atoms with Gasteiger partial charge >= 0.3 is 0 Å². The summed E-state index contributed by atoms with van der Waals surface area (Å²) >= 11 is 7.43. The van der Waals surface area contributed by atoms with Crippen LogP contribution in [0.4, 0.5) is 0 Å². The van der Waals surface area contributed by atoms with Gasteiger partial charge < -0.3 is 4.90 Å². The first-order chi connectivity index (χ1) is 14.0. The van der Waals surface area contributed by atoms with E-state index in [1.807, 2.05) is 24.0 Å². The van der Waals surface area contributed by atoms with Crippen molar-refractivity contribution >= 4 is 28.8 Å². The third-order valence-corrected chi connectivity index (χ3v) is 6.66. The van der Waals surface area contributed by atoms with Crippen molar-refractivity contribution < 1.29 is 4.79 Å². The molecule has 4 nitrogen and oxygen atoms in total. The fourth-order valence-corrected chi connectivity index (χ4v) is 4.84. The van der Waals surface area contributed by atoms with Crippen molar-refractivity contribution in [2.24, 2.45) is 0 Å². The Hall–Kier alpha value is -2.24. The molecule has 0 N–H and O–H groups in total. The highest BCUT2D eigenvalue weighted by atomic mass is 35.5. The molecule has 1 amide bonds. The van der Waals surface area contributed by atoms with Crippen LogP contribution in [0.5, 0.6) is 0 Å². The van der Waals surface area contributed by atoms with Crippen LogP contribution in [0.1, 0.15) is 56.6 Å². The Morgan fingerprint density at radius 3 is 2.52 bits per heavy atom. The van der Waals surface area contributed by atoms with Gasteiger partial charge in [0.05, 0.1) is 11.2 Å². The zero-order chi connectivity index (χ0) is 20.4. The molecule has 0 atom stereocenters. The monoisotopic (exact) mass is 425 g/mol. The standard InChI is InChI=1S/C23H24ClN3OS/c1-15-11-18(12-17-3-5-20(24)6-4-17)13-21(26-15)19-7-9-27(10-8-19)23(28)22-16(2)25-14-29-22/h3-6,11,13-14,19H,7-10,12H2,1-2H3. The smallest absolute Gasteiger partial charge is 0.265 e. The molecule has 1 fully saturated rings. The number of rotatable bonds is 4. The van der Waals surface area contributed by atoms with Gasteiger partial charge in [0.25, 0.3) is 5.91 Å². The van der Waals surface area contributed by atoms with Crippen LogP contribution in [0.25, 0.3) is 0 Å². The SMILES string of the molecule is Cc1cc(Cc2ccc(Cl)cc2)cc(C2CCN(C(=O)c3scnc3C)CC2)n1. The van der Waals surface area contributed by atoms with E-state index in [2.05, 4.69) is 36.2 Å². The molecule has 29 heavy (non-hydrogen) atoms. The highest BCUT2D eigenvalue weighted by Crippen LogP contribution is 2.29. The third-order valence-electron chi connectivity index (χ3n) is 5.49. The van der Waals surface area contributed by atoms with Gasteiger partial charge in [-0.05, 0) is 68.5 Å². The number of carbonyl (C=O) groups is 1. The summed E-state index contributed by atoms with van der Waals surface area (Å²) in [7, 11) is 0. The predicted octanol–water partition coefficient (Wildman–Crippen LogP) is 5.42. The lowest BCUT2D eigenvalue weighted by Gasteiger charge is -2.32. The number of thiazole rings is 1. The first-order valence-corrected chi connectivity index (χ1v) is 11.2. The number of aryl methyl sites for hydroxylation is 2. The van der Waals surface area contributed by atoms with Gasteiger partial charge in [-0.25, -0.2) is 4.98 Å². The average molecular weight is 426 g/mol. The second-order valence-corrected chi connectivity index (χ2v) is 8.97. The summed E-state index contributed by atoms with van der Waals surface area (Å²) < 4.78 is 0. The summed E-state index contributed by atoms with van der Waals surface area (Å²) in [5.41, 5.74) is 7.28. The molecule has 1 aliphatic heterocycles. The summed E-state index contributed by atoms with van der Waals surface area (Å²) in [6.45, 7) is 5.49. The third kappa shape index (κ3) is 4.68. The molecule has 0 spiro atoms. The van der Waals surface area contributed by atoms with Gasteiger partial charge in [-0.1, -0.05) is 23.7 Å². The Morgan fingerprint density at radius 1 is 1.14 bits per heavy atom. The van der Waals surface area contributed by atoms with Crippen molar-refractivity contribution in [1.29, 1.82) is 0 Å². The van der Waals surface area contributed by atoms with Crippen molar-refractivity contribution in [3.8, 4) is 0 Å².